The van der Waals surface area contributed by atoms with E-state index in [-0.39, 0.29) is 0 Å². The molecular weight excluding hydrogens is 186 g/mol. The number of aromatic nitrogens is 3. The van der Waals surface area contributed by atoms with Gasteiger partial charge in [-0.3, -0.25) is 0 Å². The van der Waals surface area contributed by atoms with Gasteiger partial charge in [-0.1, -0.05) is 28.9 Å². The molecule has 0 fully saturated rings. The summed E-state index contributed by atoms with van der Waals surface area (Å²) in [5, 5.41) is 8.22. The summed E-state index contributed by atoms with van der Waals surface area (Å²) in [7, 11) is 0. The highest BCUT2D eigenvalue weighted by Crippen LogP contribution is 2.09. The molecule has 1 radical (unpaired) electrons. The fourth-order valence-electron chi connectivity index (χ4n) is 1.05. The van der Waals surface area contributed by atoms with Gasteiger partial charge in [0.1, 0.15) is 6.20 Å². The summed E-state index contributed by atoms with van der Waals surface area (Å²) >= 11 is 5.75. The van der Waals surface area contributed by atoms with Gasteiger partial charge in [-0.05, 0) is 17.7 Å². The number of hydrogen-bond acceptors (Lipinski definition) is 2. The maximum atomic E-state index is 5.75. The minimum Gasteiger partial charge on any atom is -0.239 e. The van der Waals surface area contributed by atoms with E-state index in [1.54, 1.807) is 4.68 Å². The molecular formula is C9H7ClN3. The fourth-order valence-corrected chi connectivity index (χ4v) is 1.17. The molecule has 0 spiro atoms. The van der Waals surface area contributed by atoms with E-state index in [0.29, 0.717) is 6.54 Å². The van der Waals surface area contributed by atoms with E-state index in [0.717, 1.165) is 10.6 Å². The molecule has 0 aliphatic heterocycles. The predicted octanol–water partition coefficient (Wildman–Crippen LogP) is 1.78. The second-order valence-electron chi connectivity index (χ2n) is 2.65. The Kier molecular flexibility index (Phi) is 2.27. The lowest BCUT2D eigenvalue weighted by atomic mass is 10.2. The lowest BCUT2D eigenvalue weighted by molar-refractivity contribution is 0.646. The van der Waals surface area contributed by atoms with Crippen LogP contribution in [0.5, 0.6) is 0 Å². The molecule has 1 heterocycles. The standard InChI is InChI=1S/C9H7ClN3/c10-9-3-1-8(2-4-9)7-13-6-5-11-12-13/h1-5H,7H2. The highest BCUT2D eigenvalue weighted by Gasteiger charge is 1.95. The first-order valence-electron chi connectivity index (χ1n) is 3.85. The summed E-state index contributed by atoms with van der Waals surface area (Å²) in [6.07, 6.45) is 4.40. The van der Waals surface area contributed by atoms with Gasteiger partial charge >= 0.3 is 0 Å². The van der Waals surface area contributed by atoms with Crippen LogP contribution < -0.4 is 0 Å². The first kappa shape index (κ1) is 8.26. The molecule has 2 aromatic rings. The third-order valence-corrected chi connectivity index (χ3v) is 1.92. The van der Waals surface area contributed by atoms with Gasteiger partial charge in [0, 0.05) is 5.02 Å². The van der Waals surface area contributed by atoms with Crippen LogP contribution in [-0.2, 0) is 6.54 Å². The van der Waals surface area contributed by atoms with Crippen LogP contribution >= 0.6 is 11.6 Å². The molecule has 1 aromatic heterocycles. The van der Waals surface area contributed by atoms with Crippen molar-refractivity contribution >= 4 is 11.6 Å². The Morgan fingerprint density at radius 1 is 1.31 bits per heavy atom. The normalized spacial score (nSPS) is 10.2. The maximum Gasteiger partial charge on any atom is 0.109 e. The predicted molar refractivity (Wildman–Crippen MR) is 49.4 cm³/mol. The lowest BCUT2D eigenvalue weighted by Gasteiger charge is -1.99. The molecule has 4 heteroatoms. The lowest BCUT2D eigenvalue weighted by Crippen LogP contribution is -2.00. The summed E-state index contributed by atoms with van der Waals surface area (Å²) in [5.41, 5.74) is 1.13. The Labute approximate surface area is 81.0 Å². The number of nitrogens with zero attached hydrogens (tertiary/aromatic N) is 3. The molecule has 0 N–H and O–H groups in total. The Morgan fingerprint density at radius 2 is 2.08 bits per heavy atom. The summed E-state index contributed by atoms with van der Waals surface area (Å²) < 4.78 is 1.64. The minimum absolute atomic E-state index is 0.678. The third kappa shape index (κ3) is 2.06. The Bertz CT molecular complexity index is 366. The smallest absolute Gasteiger partial charge is 0.109 e. The minimum atomic E-state index is 0.678. The maximum absolute atomic E-state index is 5.75. The van der Waals surface area contributed by atoms with Gasteiger partial charge in [-0.2, -0.15) is 0 Å². The van der Waals surface area contributed by atoms with Gasteiger partial charge < -0.3 is 0 Å². The van der Waals surface area contributed by atoms with E-state index >= 15 is 0 Å². The number of hydrogen-bond donors (Lipinski definition) is 0. The van der Waals surface area contributed by atoms with Crippen molar-refractivity contribution in [1.29, 1.82) is 0 Å². The monoisotopic (exact) mass is 192 g/mol. The van der Waals surface area contributed by atoms with E-state index in [9.17, 15) is 0 Å². The SMILES string of the molecule is Clc1ccc(Cn2[c]cnn2)cc1. The van der Waals surface area contributed by atoms with Gasteiger partial charge in [-0.25, -0.2) is 4.68 Å². The summed E-state index contributed by atoms with van der Waals surface area (Å²) in [6, 6.07) is 7.62. The van der Waals surface area contributed by atoms with Crippen LogP contribution in [0.4, 0.5) is 0 Å². The number of benzene rings is 1. The van der Waals surface area contributed by atoms with E-state index < -0.39 is 0 Å². The van der Waals surface area contributed by atoms with Crippen LogP contribution in [0.15, 0.2) is 30.5 Å². The summed E-state index contributed by atoms with van der Waals surface area (Å²) in [4.78, 5) is 0. The molecule has 0 unspecified atom stereocenters. The molecule has 0 aliphatic carbocycles. The van der Waals surface area contributed by atoms with Crippen molar-refractivity contribution in [3.05, 3.63) is 47.2 Å². The zero-order valence-corrected chi connectivity index (χ0v) is 7.57. The Balaban J connectivity index is 2.15. The van der Waals surface area contributed by atoms with Crippen LogP contribution in [0.3, 0.4) is 0 Å². The Morgan fingerprint density at radius 3 is 2.69 bits per heavy atom. The second-order valence-corrected chi connectivity index (χ2v) is 3.08. The van der Waals surface area contributed by atoms with E-state index in [4.69, 9.17) is 11.6 Å². The van der Waals surface area contributed by atoms with Crippen molar-refractivity contribution in [2.45, 2.75) is 6.54 Å². The molecule has 0 atom stereocenters. The van der Waals surface area contributed by atoms with Crippen LogP contribution in [0, 0.1) is 6.20 Å². The Hall–Kier alpha value is -1.35. The highest BCUT2D eigenvalue weighted by atomic mass is 35.5. The topological polar surface area (TPSA) is 30.7 Å². The van der Waals surface area contributed by atoms with Gasteiger partial charge in [0.2, 0.25) is 0 Å². The first-order chi connectivity index (χ1) is 6.34. The molecule has 1 aromatic carbocycles. The quantitative estimate of drug-likeness (QED) is 0.726. The molecule has 0 amide bonds. The van der Waals surface area contributed by atoms with Crippen molar-refractivity contribution in [2.24, 2.45) is 0 Å². The largest absolute Gasteiger partial charge is 0.239 e. The molecule has 3 nitrogen and oxygen atoms in total. The number of rotatable bonds is 2. The molecule has 0 aliphatic rings. The number of halogens is 1. The van der Waals surface area contributed by atoms with Gasteiger partial charge in [0.15, 0.2) is 0 Å². The van der Waals surface area contributed by atoms with E-state index in [1.807, 2.05) is 24.3 Å². The molecule has 2 rings (SSSR count). The van der Waals surface area contributed by atoms with Crippen LogP contribution in [0.25, 0.3) is 0 Å². The van der Waals surface area contributed by atoms with E-state index in [1.165, 1.54) is 6.20 Å². The zero-order chi connectivity index (χ0) is 9.10. The summed E-state index contributed by atoms with van der Waals surface area (Å²) in [6.45, 7) is 0.678. The van der Waals surface area contributed by atoms with Crippen LogP contribution in [0.2, 0.25) is 5.02 Å². The van der Waals surface area contributed by atoms with Crippen molar-refractivity contribution in [1.82, 2.24) is 15.0 Å². The van der Waals surface area contributed by atoms with Crippen molar-refractivity contribution in [3.63, 3.8) is 0 Å². The molecule has 13 heavy (non-hydrogen) atoms. The van der Waals surface area contributed by atoms with Gasteiger partial charge in [0.05, 0.1) is 12.7 Å². The molecule has 0 saturated heterocycles. The molecule has 0 saturated carbocycles. The second kappa shape index (κ2) is 3.58. The highest BCUT2D eigenvalue weighted by molar-refractivity contribution is 6.30. The first-order valence-corrected chi connectivity index (χ1v) is 4.23. The average molecular weight is 193 g/mol. The fraction of sp³-hybridized carbons (Fsp3) is 0.111. The van der Waals surface area contributed by atoms with Gasteiger partial charge in [-0.15, -0.1) is 5.10 Å². The van der Waals surface area contributed by atoms with Crippen molar-refractivity contribution < 1.29 is 0 Å². The molecule has 0 bridgehead atoms. The average Bonchev–Trinajstić information content (AvgIpc) is 2.62. The van der Waals surface area contributed by atoms with Crippen LogP contribution in [-0.4, -0.2) is 15.0 Å². The van der Waals surface area contributed by atoms with E-state index in [2.05, 4.69) is 16.5 Å². The zero-order valence-electron chi connectivity index (χ0n) is 6.81. The van der Waals surface area contributed by atoms with Crippen LogP contribution in [0.1, 0.15) is 5.56 Å². The van der Waals surface area contributed by atoms with Crippen molar-refractivity contribution in [3.8, 4) is 0 Å². The van der Waals surface area contributed by atoms with Crippen molar-refractivity contribution in [2.75, 3.05) is 0 Å². The summed E-state index contributed by atoms with van der Waals surface area (Å²) in [5.74, 6) is 0. The van der Waals surface area contributed by atoms with Gasteiger partial charge in [0.25, 0.3) is 0 Å². The molecule has 65 valence electrons. The third-order valence-electron chi connectivity index (χ3n) is 1.67.